The number of aliphatic hydroxyl groups is 1. The molecule has 0 aliphatic carbocycles. The van der Waals surface area contributed by atoms with Crippen LogP contribution in [0.15, 0.2) is 42.5 Å². The van der Waals surface area contributed by atoms with E-state index in [2.05, 4.69) is 21.2 Å². The molecular weight excluding hydrogens is 394 g/mol. The Morgan fingerprint density at radius 2 is 1.86 bits per heavy atom. The number of para-hydroxylation sites is 2. The number of hydrogen-bond donors (Lipinski definition) is 3. The van der Waals surface area contributed by atoms with Crippen molar-refractivity contribution in [3.05, 3.63) is 53.6 Å². The fraction of sp³-hybridized carbons (Fsp3) is 0.381. The summed E-state index contributed by atoms with van der Waals surface area (Å²) in [5.74, 6) is 0.388. The molecule has 0 aromatic heterocycles. The number of carbonyl (C=O) groups is 1. The van der Waals surface area contributed by atoms with Crippen LogP contribution in [-0.4, -0.2) is 67.9 Å². The van der Waals surface area contributed by atoms with Crippen LogP contribution in [0.25, 0.3) is 0 Å². The van der Waals surface area contributed by atoms with Gasteiger partial charge < -0.3 is 25.2 Å². The Bertz CT molecular complexity index is 825. The largest absolute Gasteiger partial charge is 0.507 e. The topological polar surface area (TPSA) is 85.3 Å². The number of aromatic hydroxyl groups is 1. The average molecular weight is 422 g/mol. The summed E-state index contributed by atoms with van der Waals surface area (Å²) in [6.07, 6.45) is -0.734. The van der Waals surface area contributed by atoms with E-state index in [-0.39, 0.29) is 29.6 Å². The first-order valence-corrected chi connectivity index (χ1v) is 9.37. The molecule has 7 nitrogen and oxygen atoms in total. The highest BCUT2D eigenvalue weighted by molar-refractivity contribution is 5.96. The van der Waals surface area contributed by atoms with E-state index in [1.807, 2.05) is 18.2 Å². The first-order chi connectivity index (χ1) is 13.5. The molecule has 1 aliphatic rings. The number of hydrogen-bond acceptors (Lipinski definition) is 6. The molecule has 2 aromatic carbocycles. The maximum absolute atomic E-state index is 11.8. The van der Waals surface area contributed by atoms with E-state index < -0.39 is 6.10 Å². The summed E-state index contributed by atoms with van der Waals surface area (Å²) in [6.45, 7) is 3.78. The number of nitrogens with one attached hydrogen (secondary N) is 1. The summed E-state index contributed by atoms with van der Waals surface area (Å²) in [6, 6.07) is 12.6. The molecule has 8 heteroatoms. The number of phenols is 1. The van der Waals surface area contributed by atoms with E-state index in [1.54, 1.807) is 19.2 Å². The Balaban J connectivity index is 0.00000300. The van der Waals surface area contributed by atoms with Crippen LogP contribution in [0, 0.1) is 0 Å². The molecular formula is C21H28ClN3O4. The number of amides is 1. The maximum atomic E-state index is 11.8. The molecule has 158 valence electrons. The lowest BCUT2D eigenvalue weighted by molar-refractivity contribution is 0.0958. The fourth-order valence-corrected chi connectivity index (χ4v) is 3.49. The first-order valence-electron chi connectivity index (χ1n) is 9.37. The zero-order valence-electron chi connectivity index (χ0n) is 16.7. The number of halogens is 1. The molecule has 1 amide bonds. The molecule has 1 atom stereocenters. The summed E-state index contributed by atoms with van der Waals surface area (Å²) in [4.78, 5) is 16.3. The van der Waals surface area contributed by atoms with Gasteiger partial charge in [-0.2, -0.15) is 0 Å². The molecule has 3 N–H and O–H groups in total. The minimum Gasteiger partial charge on any atom is -0.507 e. The number of piperazine rings is 1. The Hall–Kier alpha value is -2.48. The number of rotatable bonds is 6. The highest BCUT2D eigenvalue weighted by atomic mass is 35.5. The summed E-state index contributed by atoms with van der Waals surface area (Å²) in [7, 11) is 3.18. The molecule has 0 bridgehead atoms. The number of anilines is 1. The van der Waals surface area contributed by atoms with Gasteiger partial charge in [0.1, 0.15) is 11.5 Å². The van der Waals surface area contributed by atoms with Crippen LogP contribution in [0.1, 0.15) is 22.0 Å². The molecule has 0 spiro atoms. The van der Waals surface area contributed by atoms with Crippen LogP contribution in [0.3, 0.4) is 0 Å². The van der Waals surface area contributed by atoms with Gasteiger partial charge in [0.25, 0.3) is 5.91 Å². The molecule has 3 rings (SSSR count). The lowest BCUT2D eigenvalue weighted by atomic mass is 10.0. The third-order valence-electron chi connectivity index (χ3n) is 5.11. The van der Waals surface area contributed by atoms with Gasteiger partial charge in [-0.15, -0.1) is 12.4 Å². The minimum atomic E-state index is -0.734. The maximum Gasteiger partial charge on any atom is 0.254 e. The molecule has 1 aliphatic heterocycles. The monoisotopic (exact) mass is 421 g/mol. The van der Waals surface area contributed by atoms with Crippen LogP contribution >= 0.6 is 12.4 Å². The highest BCUT2D eigenvalue weighted by Crippen LogP contribution is 2.29. The molecule has 0 saturated carbocycles. The van der Waals surface area contributed by atoms with E-state index in [0.717, 1.165) is 37.6 Å². The van der Waals surface area contributed by atoms with E-state index in [4.69, 9.17) is 4.74 Å². The summed E-state index contributed by atoms with van der Waals surface area (Å²) in [5, 5.41) is 23.0. The number of carbonyl (C=O) groups excluding carboxylic acids is 1. The van der Waals surface area contributed by atoms with Gasteiger partial charge in [-0.1, -0.05) is 18.2 Å². The number of nitrogens with zero attached hydrogens (tertiary/aromatic N) is 2. The third kappa shape index (κ3) is 5.32. The number of phenolic OH excluding ortho intramolecular Hbond substituents is 1. The minimum absolute atomic E-state index is 0. The van der Waals surface area contributed by atoms with E-state index in [1.165, 1.54) is 13.1 Å². The van der Waals surface area contributed by atoms with Gasteiger partial charge in [-0.3, -0.25) is 9.69 Å². The van der Waals surface area contributed by atoms with Crippen LogP contribution in [0.5, 0.6) is 11.5 Å². The molecule has 29 heavy (non-hydrogen) atoms. The van der Waals surface area contributed by atoms with Gasteiger partial charge in [0.15, 0.2) is 0 Å². The van der Waals surface area contributed by atoms with Gasteiger partial charge in [-0.05, 0) is 29.8 Å². The summed E-state index contributed by atoms with van der Waals surface area (Å²) >= 11 is 0. The molecule has 0 radical (unpaired) electrons. The van der Waals surface area contributed by atoms with Crippen LogP contribution in [0.2, 0.25) is 0 Å². The van der Waals surface area contributed by atoms with Gasteiger partial charge in [0.05, 0.1) is 24.5 Å². The second-order valence-corrected chi connectivity index (χ2v) is 6.83. The lowest BCUT2D eigenvalue weighted by Gasteiger charge is -2.37. The zero-order chi connectivity index (χ0) is 20.1. The highest BCUT2D eigenvalue weighted by Gasteiger charge is 2.22. The lowest BCUT2D eigenvalue weighted by Crippen LogP contribution is -2.47. The van der Waals surface area contributed by atoms with Crippen molar-refractivity contribution in [1.29, 1.82) is 0 Å². The van der Waals surface area contributed by atoms with Gasteiger partial charge in [0.2, 0.25) is 0 Å². The second-order valence-electron chi connectivity index (χ2n) is 6.83. The van der Waals surface area contributed by atoms with Crippen molar-refractivity contribution in [1.82, 2.24) is 10.2 Å². The molecule has 1 unspecified atom stereocenters. The van der Waals surface area contributed by atoms with Crippen molar-refractivity contribution in [2.24, 2.45) is 0 Å². The quantitative estimate of drug-likeness (QED) is 0.661. The molecule has 2 aromatic rings. The van der Waals surface area contributed by atoms with Gasteiger partial charge >= 0.3 is 0 Å². The molecule has 1 saturated heterocycles. The predicted octanol–water partition coefficient (Wildman–Crippen LogP) is 2.04. The number of aliphatic hydroxyl groups excluding tert-OH is 1. The number of methoxy groups -OCH3 is 1. The van der Waals surface area contributed by atoms with Gasteiger partial charge in [-0.25, -0.2) is 0 Å². The Morgan fingerprint density at radius 1 is 1.17 bits per heavy atom. The molecule has 1 fully saturated rings. The number of β-amino-alcohol motifs (C(OH)–C–C–N with tert-alkyl or cyclic N) is 1. The van der Waals surface area contributed by atoms with Crippen molar-refractivity contribution in [2.75, 3.05) is 51.8 Å². The van der Waals surface area contributed by atoms with Crippen molar-refractivity contribution < 1.29 is 19.7 Å². The molecule has 1 heterocycles. The smallest absolute Gasteiger partial charge is 0.254 e. The SMILES string of the molecule is CNC(=O)c1cc(C(O)CN2CCN(c3ccccc3OC)CC2)ccc1O.Cl. The number of benzene rings is 2. The normalized spacial score (nSPS) is 15.3. The third-order valence-corrected chi connectivity index (χ3v) is 5.11. The number of ether oxygens (including phenoxy) is 1. The van der Waals surface area contributed by atoms with Crippen molar-refractivity contribution in [2.45, 2.75) is 6.10 Å². The standard InChI is InChI=1S/C21H27N3O4.ClH/c1-22-21(27)16-13-15(7-8-18(16)25)19(26)14-23-9-11-24(12-10-23)17-5-3-4-6-20(17)28-2;/h3-8,13,19,25-26H,9-12,14H2,1-2H3,(H,22,27);1H. The first kappa shape index (κ1) is 22.8. The van der Waals surface area contributed by atoms with Crippen molar-refractivity contribution in [3.8, 4) is 11.5 Å². The average Bonchev–Trinajstić information content (AvgIpc) is 2.74. The fourth-order valence-electron chi connectivity index (χ4n) is 3.49. The van der Waals surface area contributed by atoms with E-state index in [0.29, 0.717) is 12.1 Å². The van der Waals surface area contributed by atoms with E-state index in [9.17, 15) is 15.0 Å². The van der Waals surface area contributed by atoms with E-state index >= 15 is 0 Å². The van der Waals surface area contributed by atoms with Crippen LogP contribution < -0.4 is 15.0 Å². The summed E-state index contributed by atoms with van der Waals surface area (Å²) < 4.78 is 5.45. The summed E-state index contributed by atoms with van der Waals surface area (Å²) in [5.41, 5.74) is 1.86. The van der Waals surface area contributed by atoms with Crippen LogP contribution in [0.4, 0.5) is 5.69 Å². The Morgan fingerprint density at radius 3 is 2.52 bits per heavy atom. The zero-order valence-corrected chi connectivity index (χ0v) is 17.5. The Kier molecular flexibility index (Phi) is 8.13. The van der Waals surface area contributed by atoms with Crippen LogP contribution in [-0.2, 0) is 0 Å². The van der Waals surface area contributed by atoms with Crippen molar-refractivity contribution >= 4 is 24.0 Å². The van der Waals surface area contributed by atoms with Crippen molar-refractivity contribution in [3.63, 3.8) is 0 Å². The predicted molar refractivity (Wildman–Crippen MR) is 115 cm³/mol. The second kappa shape index (κ2) is 10.3. The van der Waals surface area contributed by atoms with Gasteiger partial charge in [0, 0.05) is 39.8 Å². The Labute approximate surface area is 177 Å².